The zero-order chi connectivity index (χ0) is 21.0. The van der Waals surface area contributed by atoms with Gasteiger partial charge in [0.2, 0.25) is 0 Å². The lowest BCUT2D eigenvalue weighted by molar-refractivity contribution is -0.895. The van der Waals surface area contributed by atoms with Crippen molar-refractivity contribution in [3.05, 3.63) is 58.7 Å². The Kier molecular flexibility index (Phi) is 6.87. The van der Waals surface area contributed by atoms with Crippen molar-refractivity contribution in [3.8, 4) is 0 Å². The summed E-state index contributed by atoms with van der Waals surface area (Å²) < 4.78 is 0. The monoisotopic (exact) mass is 411 g/mol. The maximum atomic E-state index is 12.5. The standard InChI is InChI=1S/C23H30N4OS/c1-16-7-6-10-20(19(16)4)24-23(29)27-13-11-26(12-14-27)15-21(28)25-22-17(2)8-5-9-18(22)3/h5-10H,11-15H2,1-4H3,(H,24,29)(H,25,28)/p+1. The summed E-state index contributed by atoms with van der Waals surface area (Å²) in [7, 11) is 0. The van der Waals surface area contributed by atoms with Gasteiger partial charge in [0.25, 0.3) is 5.91 Å². The zero-order valence-electron chi connectivity index (χ0n) is 17.8. The summed E-state index contributed by atoms with van der Waals surface area (Å²) >= 11 is 5.63. The SMILES string of the molecule is Cc1cccc(NC(=S)N2CC[NH+](CC(=O)Nc3c(C)cccc3C)CC2)c1C. The Hall–Kier alpha value is -2.44. The normalized spacial score (nSPS) is 14.6. The molecule has 1 amide bonds. The second-order valence-corrected chi connectivity index (χ2v) is 8.29. The van der Waals surface area contributed by atoms with E-state index in [9.17, 15) is 4.79 Å². The molecular formula is C23H31N4OS+. The molecule has 6 heteroatoms. The number of carbonyl (C=O) groups is 1. The number of piperazine rings is 1. The van der Waals surface area contributed by atoms with Gasteiger partial charge < -0.3 is 20.4 Å². The molecule has 2 aromatic rings. The molecule has 1 saturated heterocycles. The molecule has 0 saturated carbocycles. The first-order chi connectivity index (χ1) is 13.8. The minimum Gasteiger partial charge on any atom is -0.338 e. The van der Waals surface area contributed by atoms with Gasteiger partial charge in [0.15, 0.2) is 11.7 Å². The van der Waals surface area contributed by atoms with Crippen LogP contribution in [0.2, 0.25) is 0 Å². The number of nitrogens with one attached hydrogen (secondary N) is 3. The molecule has 1 aliphatic heterocycles. The lowest BCUT2D eigenvalue weighted by Gasteiger charge is -2.33. The molecule has 0 aromatic heterocycles. The maximum Gasteiger partial charge on any atom is 0.279 e. The fraction of sp³-hybridized carbons (Fsp3) is 0.391. The van der Waals surface area contributed by atoms with Crippen LogP contribution in [0, 0.1) is 27.7 Å². The summed E-state index contributed by atoms with van der Waals surface area (Å²) in [4.78, 5) is 16.0. The van der Waals surface area contributed by atoms with Crippen LogP contribution in [0.25, 0.3) is 0 Å². The van der Waals surface area contributed by atoms with Gasteiger partial charge in [-0.1, -0.05) is 30.3 Å². The van der Waals surface area contributed by atoms with Crippen molar-refractivity contribution in [2.75, 3.05) is 43.4 Å². The summed E-state index contributed by atoms with van der Waals surface area (Å²) in [6, 6.07) is 12.3. The Morgan fingerprint density at radius 3 is 2.21 bits per heavy atom. The van der Waals surface area contributed by atoms with Gasteiger partial charge in [-0.05, 0) is 68.2 Å². The van der Waals surface area contributed by atoms with Crippen LogP contribution in [0.3, 0.4) is 0 Å². The molecule has 0 atom stereocenters. The molecule has 1 aliphatic rings. The average molecular weight is 412 g/mol. The van der Waals surface area contributed by atoms with Crippen molar-refractivity contribution in [2.45, 2.75) is 27.7 Å². The number of carbonyl (C=O) groups excluding carboxylic acids is 1. The number of amides is 1. The smallest absolute Gasteiger partial charge is 0.279 e. The van der Waals surface area contributed by atoms with Crippen molar-refractivity contribution in [1.82, 2.24) is 4.90 Å². The maximum absolute atomic E-state index is 12.5. The van der Waals surface area contributed by atoms with Gasteiger partial charge >= 0.3 is 0 Å². The number of benzene rings is 2. The lowest BCUT2D eigenvalue weighted by atomic mass is 10.1. The van der Waals surface area contributed by atoms with Crippen molar-refractivity contribution in [3.63, 3.8) is 0 Å². The Morgan fingerprint density at radius 1 is 0.966 bits per heavy atom. The number of aryl methyl sites for hydroxylation is 3. The third-order valence-corrected chi connectivity index (χ3v) is 6.12. The van der Waals surface area contributed by atoms with Gasteiger partial charge in [0.05, 0.1) is 26.2 Å². The Bertz CT molecular complexity index is 883. The van der Waals surface area contributed by atoms with Crippen molar-refractivity contribution in [2.24, 2.45) is 0 Å². The zero-order valence-corrected chi connectivity index (χ0v) is 18.6. The number of rotatable bonds is 4. The van der Waals surface area contributed by atoms with Gasteiger partial charge in [0.1, 0.15) is 0 Å². The third kappa shape index (κ3) is 5.34. The van der Waals surface area contributed by atoms with Crippen LogP contribution in [-0.4, -0.2) is 48.6 Å². The van der Waals surface area contributed by atoms with Crippen LogP contribution in [-0.2, 0) is 4.79 Å². The number of anilines is 2. The highest BCUT2D eigenvalue weighted by Crippen LogP contribution is 2.19. The van der Waals surface area contributed by atoms with Crippen LogP contribution in [0.15, 0.2) is 36.4 Å². The van der Waals surface area contributed by atoms with E-state index in [4.69, 9.17) is 12.2 Å². The molecule has 0 unspecified atom stereocenters. The van der Waals surface area contributed by atoms with Crippen LogP contribution in [0.4, 0.5) is 11.4 Å². The van der Waals surface area contributed by atoms with E-state index in [2.05, 4.69) is 41.5 Å². The summed E-state index contributed by atoms with van der Waals surface area (Å²) in [5.41, 5.74) is 6.68. The van der Waals surface area contributed by atoms with Crippen LogP contribution < -0.4 is 15.5 Å². The van der Waals surface area contributed by atoms with Crippen molar-refractivity contribution >= 4 is 34.6 Å². The van der Waals surface area contributed by atoms with Crippen LogP contribution in [0.1, 0.15) is 22.3 Å². The molecule has 0 aliphatic carbocycles. The minimum absolute atomic E-state index is 0.0712. The molecule has 0 radical (unpaired) electrons. The average Bonchev–Trinajstić information content (AvgIpc) is 2.69. The molecule has 1 fully saturated rings. The molecule has 0 bridgehead atoms. The predicted octanol–water partition coefficient (Wildman–Crippen LogP) is 2.46. The van der Waals surface area contributed by atoms with E-state index in [1.165, 1.54) is 16.0 Å². The van der Waals surface area contributed by atoms with Gasteiger partial charge in [-0.3, -0.25) is 4.79 Å². The summed E-state index contributed by atoms with van der Waals surface area (Å²) in [5.74, 6) is 0.0712. The molecular weight excluding hydrogens is 380 g/mol. The number of quaternary nitrogens is 1. The number of para-hydroxylation sites is 1. The lowest BCUT2D eigenvalue weighted by Crippen LogP contribution is -3.15. The summed E-state index contributed by atoms with van der Waals surface area (Å²) in [5, 5.41) is 7.24. The van der Waals surface area contributed by atoms with Gasteiger partial charge in [-0.15, -0.1) is 0 Å². The Morgan fingerprint density at radius 2 is 1.55 bits per heavy atom. The second-order valence-electron chi connectivity index (χ2n) is 7.91. The number of nitrogens with zero attached hydrogens (tertiary/aromatic N) is 1. The molecule has 3 N–H and O–H groups in total. The van der Waals surface area contributed by atoms with Gasteiger partial charge in [-0.25, -0.2) is 0 Å². The molecule has 154 valence electrons. The molecule has 29 heavy (non-hydrogen) atoms. The predicted molar refractivity (Wildman–Crippen MR) is 124 cm³/mol. The Labute approximate surface area is 179 Å². The number of hydrogen-bond donors (Lipinski definition) is 3. The molecule has 0 spiro atoms. The van der Waals surface area contributed by atoms with E-state index in [1.807, 2.05) is 38.1 Å². The fourth-order valence-corrected chi connectivity index (χ4v) is 4.00. The number of hydrogen-bond acceptors (Lipinski definition) is 2. The van der Waals surface area contributed by atoms with Crippen molar-refractivity contribution in [1.29, 1.82) is 0 Å². The molecule has 2 aromatic carbocycles. The van der Waals surface area contributed by atoms with E-state index in [-0.39, 0.29) is 5.91 Å². The van der Waals surface area contributed by atoms with E-state index < -0.39 is 0 Å². The highest BCUT2D eigenvalue weighted by molar-refractivity contribution is 7.80. The Balaban J connectivity index is 1.49. The van der Waals surface area contributed by atoms with Crippen LogP contribution in [0.5, 0.6) is 0 Å². The van der Waals surface area contributed by atoms with Gasteiger partial charge in [0, 0.05) is 11.4 Å². The highest BCUT2D eigenvalue weighted by atomic mass is 32.1. The first-order valence-corrected chi connectivity index (χ1v) is 10.6. The van der Waals surface area contributed by atoms with Crippen LogP contribution >= 0.6 is 12.2 Å². The van der Waals surface area contributed by atoms with E-state index in [1.54, 1.807) is 0 Å². The van der Waals surface area contributed by atoms with Crippen molar-refractivity contribution < 1.29 is 9.69 Å². The quantitative estimate of drug-likeness (QED) is 0.677. The number of thiocarbonyl (C=S) groups is 1. The first kappa shape index (κ1) is 21.3. The highest BCUT2D eigenvalue weighted by Gasteiger charge is 2.24. The van der Waals surface area contributed by atoms with E-state index in [0.29, 0.717) is 6.54 Å². The fourth-order valence-electron chi connectivity index (χ4n) is 3.71. The molecule has 5 nitrogen and oxygen atoms in total. The molecule has 1 heterocycles. The largest absolute Gasteiger partial charge is 0.338 e. The summed E-state index contributed by atoms with van der Waals surface area (Å²) in [6.45, 7) is 12.2. The minimum atomic E-state index is 0.0712. The first-order valence-electron chi connectivity index (χ1n) is 10.2. The summed E-state index contributed by atoms with van der Waals surface area (Å²) in [6.07, 6.45) is 0. The van der Waals surface area contributed by atoms with Gasteiger partial charge in [-0.2, -0.15) is 0 Å². The molecule has 3 rings (SSSR count). The second kappa shape index (κ2) is 9.37. The topological polar surface area (TPSA) is 48.8 Å². The third-order valence-electron chi connectivity index (χ3n) is 5.76. The van der Waals surface area contributed by atoms with E-state index >= 15 is 0 Å². The van der Waals surface area contributed by atoms with E-state index in [0.717, 1.165) is 53.8 Å².